The fourth-order valence-electron chi connectivity index (χ4n) is 4.06. The van der Waals surface area contributed by atoms with Gasteiger partial charge >= 0.3 is 18.0 Å². The topological polar surface area (TPSA) is 102 Å². The van der Waals surface area contributed by atoms with Crippen molar-refractivity contribution in [3.63, 3.8) is 0 Å². The molecule has 0 aliphatic heterocycles. The normalized spacial score (nSPS) is 12.8. The van der Waals surface area contributed by atoms with E-state index in [0.717, 1.165) is 22.3 Å². The summed E-state index contributed by atoms with van der Waals surface area (Å²) in [6.07, 6.45) is 3.07. The summed E-state index contributed by atoms with van der Waals surface area (Å²) in [5, 5.41) is 11.9. The summed E-state index contributed by atoms with van der Waals surface area (Å²) in [4.78, 5) is 35.4. The second-order valence-electron chi connectivity index (χ2n) is 7.93. The van der Waals surface area contributed by atoms with Crippen LogP contribution in [0.25, 0.3) is 11.1 Å². The highest BCUT2D eigenvalue weighted by molar-refractivity contribution is 5.81. The molecule has 0 heterocycles. The first kappa shape index (κ1) is 24.0. The molecule has 0 radical (unpaired) electrons. The predicted molar refractivity (Wildman–Crippen MR) is 124 cm³/mol. The molecule has 0 fully saturated rings. The Morgan fingerprint density at radius 1 is 0.970 bits per heavy atom. The van der Waals surface area contributed by atoms with Gasteiger partial charge < -0.3 is 19.9 Å². The van der Waals surface area contributed by atoms with Gasteiger partial charge in [-0.3, -0.25) is 4.79 Å². The lowest BCUT2D eigenvalue weighted by molar-refractivity contribution is -0.142. The third-order valence-electron chi connectivity index (χ3n) is 5.67. The molecule has 3 rings (SSSR count). The van der Waals surface area contributed by atoms with Crippen LogP contribution in [-0.2, 0) is 19.1 Å². The van der Waals surface area contributed by atoms with E-state index < -0.39 is 18.1 Å². The smallest absolute Gasteiger partial charge is 0.407 e. The summed E-state index contributed by atoms with van der Waals surface area (Å²) in [6.45, 7) is 3.79. The van der Waals surface area contributed by atoms with Crippen molar-refractivity contribution in [2.75, 3.05) is 13.2 Å². The highest BCUT2D eigenvalue weighted by Crippen LogP contribution is 2.44. The number of hydrogen-bond donors (Lipinski definition) is 2. The van der Waals surface area contributed by atoms with Crippen molar-refractivity contribution in [3.8, 4) is 11.1 Å². The average Bonchev–Trinajstić information content (AvgIpc) is 3.14. The summed E-state index contributed by atoms with van der Waals surface area (Å²) in [5.41, 5.74) is 4.43. The van der Waals surface area contributed by atoms with Gasteiger partial charge in [-0.05, 0) is 35.1 Å². The van der Waals surface area contributed by atoms with Crippen molar-refractivity contribution in [2.24, 2.45) is 0 Å². The van der Waals surface area contributed by atoms with Gasteiger partial charge in [-0.25, -0.2) is 9.59 Å². The van der Waals surface area contributed by atoms with Crippen LogP contribution in [0.1, 0.15) is 49.1 Å². The lowest BCUT2D eigenvalue weighted by Gasteiger charge is -2.17. The van der Waals surface area contributed by atoms with Crippen LogP contribution in [0, 0.1) is 0 Å². The van der Waals surface area contributed by atoms with Crippen LogP contribution in [0.2, 0.25) is 0 Å². The van der Waals surface area contributed by atoms with Gasteiger partial charge in [-0.1, -0.05) is 74.0 Å². The lowest BCUT2D eigenvalue weighted by Crippen LogP contribution is -2.41. The van der Waals surface area contributed by atoms with Crippen molar-refractivity contribution >= 4 is 18.0 Å². The molecule has 174 valence electrons. The van der Waals surface area contributed by atoms with E-state index in [1.54, 1.807) is 0 Å². The van der Waals surface area contributed by atoms with E-state index in [9.17, 15) is 19.5 Å². The second kappa shape index (κ2) is 11.9. The van der Waals surface area contributed by atoms with Gasteiger partial charge in [0.15, 0.2) is 0 Å². The van der Waals surface area contributed by atoms with Crippen molar-refractivity contribution in [3.05, 3.63) is 72.3 Å². The van der Waals surface area contributed by atoms with Crippen LogP contribution in [-0.4, -0.2) is 42.4 Å². The molecule has 2 aromatic rings. The van der Waals surface area contributed by atoms with Gasteiger partial charge in [0, 0.05) is 12.3 Å². The number of esters is 1. The van der Waals surface area contributed by atoms with E-state index in [0.29, 0.717) is 19.3 Å². The summed E-state index contributed by atoms with van der Waals surface area (Å²) < 4.78 is 10.3. The summed E-state index contributed by atoms with van der Waals surface area (Å²) in [6, 6.07) is 15.0. The van der Waals surface area contributed by atoms with Crippen LogP contribution < -0.4 is 5.32 Å². The number of benzene rings is 2. The number of nitrogens with one attached hydrogen (secondary N) is 1. The second-order valence-corrected chi connectivity index (χ2v) is 7.93. The molecule has 0 bridgehead atoms. The van der Waals surface area contributed by atoms with E-state index >= 15 is 0 Å². The van der Waals surface area contributed by atoms with E-state index in [2.05, 4.69) is 11.9 Å². The highest BCUT2D eigenvalue weighted by atomic mass is 16.5. The fourth-order valence-corrected chi connectivity index (χ4v) is 4.06. The van der Waals surface area contributed by atoms with Crippen molar-refractivity contribution < 1.29 is 29.0 Å². The first-order valence-corrected chi connectivity index (χ1v) is 11.1. The number of carboxylic acid groups (broad SMARTS) is 1. The molecule has 1 aliphatic carbocycles. The van der Waals surface area contributed by atoms with Gasteiger partial charge in [-0.2, -0.15) is 0 Å². The Kier molecular flexibility index (Phi) is 8.63. The maximum Gasteiger partial charge on any atom is 0.407 e. The molecular formula is C26H29NO6. The minimum atomic E-state index is -1.12. The molecule has 7 heteroatoms. The zero-order chi connectivity index (χ0) is 23.6. The average molecular weight is 452 g/mol. The zero-order valence-corrected chi connectivity index (χ0v) is 18.5. The molecule has 2 aromatic carbocycles. The number of carbonyl (C=O) groups excluding carboxylic acids is 2. The number of carbonyl (C=O) groups is 3. The van der Waals surface area contributed by atoms with Crippen LogP contribution in [0.5, 0.6) is 0 Å². The number of ether oxygens (including phenoxy) is 2. The molecule has 0 saturated carbocycles. The van der Waals surface area contributed by atoms with Crippen molar-refractivity contribution in [2.45, 2.75) is 44.1 Å². The number of amides is 1. The van der Waals surface area contributed by atoms with Crippen molar-refractivity contribution in [1.29, 1.82) is 0 Å². The minimum absolute atomic E-state index is 0.0905. The largest absolute Gasteiger partial charge is 0.480 e. The number of carboxylic acids is 1. The monoisotopic (exact) mass is 451 g/mol. The number of unbranched alkanes of at least 4 members (excludes halogenated alkanes) is 2. The van der Waals surface area contributed by atoms with Gasteiger partial charge in [-0.15, -0.1) is 0 Å². The van der Waals surface area contributed by atoms with Crippen LogP contribution in [0.3, 0.4) is 0 Å². The standard InChI is InChI=1S/C26H29NO6/c1-2-16-32-24(28)15-5-3-4-14-23(25(29)30)27-26(31)33-17-22-20-12-8-6-10-18(20)19-11-7-9-13-21(19)22/h2,6-13,22-23H,1,3-5,14-17H2,(H,27,31)(H,29,30). The highest BCUT2D eigenvalue weighted by Gasteiger charge is 2.29. The van der Waals surface area contributed by atoms with E-state index in [-0.39, 0.29) is 37.9 Å². The summed E-state index contributed by atoms with van der Waals surface area (Å²) >= 11 is 0. The predicted octanol–water partition coefficient (Wildman–Crippen LogP) is 4.66. The van der Waals surface area contributed by atoms with Gasteiger partial charge in [0.25, 0.3) is 0 Å². The Balaban J connectivity index is 1.46. The lowest BCUT2D eigenvalue weighted by atomic mass is 9.98. The number of aliphatic carboxylic acids is 1. The third-order valence-corrected chi connectivity index (χ3v) is 5.67. The Labute approximate surface area is 193 Å². The Morgan fingerprint density at radius 3 is 2.21 bits per heavy atom. The molecule has 2 N–H and O–H groups in total. The number of hydrogen-bond acceptors (Lipinski definition) is 5. The quantitative estimate of drug-likeness (QED) is 0.277. The molecule has 1 aliphatic rings. The van der Waals surface area contributed by atoms with Crippen LogP contribution in [0.15, 0.2) is 61.2 Å². The first-order chi connectivity index (χ1) is 16.0. The van der Waals surface area contributed by atoms with Gasteiger partial charge in [0.2, 0.25) is 0 Å². The van der Waals surface area contributed by atoms with E-state index in [4.69, 9.17) is 9.47 Å². The molecule has 0 spiro atoms. The number of alkyl carbamates (subject to hydrolysis) is 1. The Hall–Kier alpha value is -3.61. The molecule has 0 aromatic heterocycles. The Bertz CT molecular complexity index is 956. The van der Waals surface area contributed by atoms with E-state index in [1.165, 1.54) is 6.08 Å². The molecule has 33 heavy (non-hydrogen) atoms. The molecular weight excluding hydrogens is 422 g/mol. The van der Waals surface area contributed by atoms with Gasteiger partial charge in [0.05, 0.1) is 0 Å². The molecule has 0 saturated heterocycles. The minimum Gasteiger partial charge on any atom is -0.480 e. The maximum absolute atomic E-state index is 12.4. The molecule has 1 amide bonds. The number of rotatable bonds is 12. The first-order valence-electron chi connectivity index (χ1n) is 11.1. The van der Waals surface area contributed by atoms with Crippen LogP contribution in [0.4, 0.5) is 4.79 Å². The van der Waals surface area contributed by atoms with Gasteiger partial charge in [0.1, 0.15) is 19.3 Å². The SMILES string of the molecule is C=CCOC(=O)CCCCCC(NC(=O)OCC1c2ccccc2-c2ccccc21)C(=O)O. The summed E-state index contributed by atoms with van der Waals surface area (Å²) in [5.74, 6) is -1.51. The van der Waals surface area contributed by atoms with Crippen molar-refractivity contribution in [1.82, 2.24) is 5.32 Å². The van der Waals surface area contributed by atoms with Crippen LogP contribution >= 0.6 is 0 Å². The Morgan fingerprint density at radius 2 is 1.61 bits per heavy atom. The summed E-state index contributed by atoms with van der Waals surface area (Å²) in [7, 11) is 0. The number of fused-ring (bicyclic) bond motifs is 3. The zero-order valence-electron chi connectivity index (χ0n) is 18.5. The third kappa shape index (κ3) is 6.44. The fraction of sp³-hybridized carbons (Fsp3) is 0.346. The molecule has 1 atom stereocenters. The molecule has 1 unspecified atom stereocenters. The van der Waals surface area contributed by atoms with E-state index in [1.807, 2.05) is 48.5 Å². The maximum atomic E-state index is 12.4. The molecule has 7 nitrogen and oxygen atoms in total.